The van der Waals surface area contributed by atoms with E-state index in [0.29, 0.717) is 6.54 Å². The van der Waals surface area contributed by atoms with E-state index in [9.17, 15) is 19.5 Å². The van der Waals surface area contributed by atoms with E-state index >= 15 is 0 Å². The number of urea groups is 1. The van der Waals surface area contributed by atoms with Crippen LogP contribution in [-0.2, 0) is 11.3 Å². The van der Waals surface area contributed by atoms with Crippen LogP contribution in [0.1, 0.15) is 63.1 Å². The van der Waals surface area contributed by atoms with Crippen molar-refractivity contribution in [2.24, 2.45) is 11.8 Å². The van der Waals surface area contributed by atoms with Crippen LogP contribution in [0.25, 0.3) is 0 Å². The lowest BCUT2D eigenvalue weighted by Crippen LogP contribution is -2.55. The highest BCUT2D eigenvalue weighted by Gasteiger charge is 2.57. The number of nitrogens with one attached hydrogen (secondary N) is 2. The zero-order valence-corrected chi connectivity index (χ0v) is 17.8. The van der Waals surface area contributed by atoms with Crippen LogP contribution in [0.4, 0.5) is 4.79 Å². The molecule has 4 atom stereocenters. The van der Waals surface area contributed by atoms with E-state index in [4.69, 9.17) is 0 Å². The number of amides is 3. The maximum Gasteiger partial charge on any atom is 0.318 e. The van der Waals surface area contributed by atoms with E-state index in [0.717, 1.165) is 57.1 Å². The van der Waals surface area contributed by atoms with Crippen LogP contribution in [0.3, 0.4) is 0 Å². The minimum atomic E-state index is -0.730. The molecule has 0 radical (unpaired) electrons. The quantitative estimate of drug-likeness (QED) is 0.676. The predicted octanol–water partition coefficient (Wildman–Crippen LogP) is 1.52. The summed E-state index contributed by atoms with van der Waals surface area (Å²) in [5.41, 5.74) is 0.653. The molecule has 0 spiro atoms. The Morgan fingerprint density at radius 3 is 2.29 bits per heavy atom. The Morgan fingerprint density at radius 1 is 1.00 bits per heavy atom. The number of aliphatic hydroxyl groups is 1. The number of aromatic nitrogens is 1. The first kappa shape index (κ1) is 20.5. The highest BCUT2D eigenvalue weighted by Crippen LogP contribution is 2.49. The van der Waals surface area contributed by atoms with Gasteiger partial charge in [0.1, 0.15) is 6.04 Å². The van der Waals surface area contributed by atoms with Crippen LogP contribution in [-0.4, -0.2) is 51.2 Å². The summed E-state index contributed by atoms with van der Waals surface area (Å²) in [4.78, 5) is 41.0. The number of fused-ring (bicyclic) bond motifs is 3. The molecule has 1 aromatic rings. The van der Waals surface area contributed by atoms with Crippen LogP contribution < -0.4 is 16.2 Å². The molecule has 4 aliphatic rings. The fraction of sp³-hybridized carbons (Fsp3) is 0.696. The van der Waals surface area contributed by atoms with Gasteiger partial charge >= 0.3 is 6.03 Å². The van der Waals surface area contributed by atoms with Crippen LogP contribution in [0, 0.1) is 11.8 Å². The smallest absolute Gasteiger partial charge is 0.318 e. The summed E-state index contributed by atoms with van der Waals surface area (Å²) in [6.45, 7) is 0.227. The molecule has 0 aromatic carbocycles. The standard InChI is InChI=1S/C23H32N4O4/c28-13-17-16-12-26-18(10-5-11-19(26)29)20(16)27(23(31)25-15-8-3-4-9-15)21(17)22(30)24-14-6-1-2-7-14/h5,10-11,14-17,20-21,28H,1-4,6-9,12-13H2,(H,24,30)(H,25,31)/t16-,17-,20+,21-/m0/s1. The maximum absolute atomic E-state index is 13.5. The van der Waals surface area contributed by atoms with Crippen LogP contribution >= 0.6 is 0 Å². The summed E-state index contributed by atoms with van der Waals surface area (Å²) in [6, 6.07) is 3.99. The predicted molar refractivity (Wildman–Crippen MR) is 114 cm³/mol. The molecule has 8 heteroatoms. The molecule has 3 amide bonds. The van der Waals surface area contributed by atoms with E-state index in [2.05, 4.69) is 10.6 Å². The third-order valence-corrected chi connectivity index (χ3v) is 7.84. The Balaban J connectivity index is 1.49. The Labute approximate surface area is 182 Å². The number of likely N-dealkylation sites (tertiary alicyclic amines) is 1. The zero-order chi connectivity index (χ0) is 21.5. The first-order valence-electron chi connectivity index (χ1n) is 11.8. The molecule has 5 rings (SSSR count). The number of aliphatic hydroxyl groups excluding tert-OH is 1. The van der Waals surface area contributed by atoms with Crippen LogP contribution in [0.5, 0.6) is 0 Å². The SMILES string of the molecule is O=C(NC1CCCC1)[C@@H]1[C@@H](CO)[C@@H]2Cn3c(cccc3=O)[C@@H]2N1C(=O)NC1CCCC1. The Bertz CT molecular complexity index is 903. The maximum atomic E-state index is 13.5. The number of carbonyl (C=O) groups excluding carboxylic acids is 2. The van der Waals surface area contributed by atoms with Gasteiger partial charge in [-0.1, -0.05) is 31.7 Å². The normalized spacial score (nSPS) is 30.4. The average molecular weight is 429 g/mol. The summed E-state index contributed by atoms with van der Waals surface area (Å²) in [6.07, 6.45) is 8.22. The molecule has 2 aliphatic heterocycles. The second kappa shape index (κ2) is 8.30. The number of rotatable bonds is 4. The zero-order valence-electron chi connectivity index (χ0n) is 17.8. The molecule has 8 nitrogen and oxygen atoms in total. The van der Waals surface area contributed by atoms with E-state index in [1.165, 1.54) is 6.07 Å². The largest absolute Gasteiger partial charge is 0.396 e. The highest BCUT2D eigenvalue weighted by molar-refractivity contribution is 5.89. The van der Waals surface area contributed by atoms with Crippen molar-refractivity contribution in [3.05, 3.63) is 34.2 Å². The Morgan fingerprint density at radius 2 is 1.65 bits per heavy atom. The first-order chi connectivity index (χ1) is 15.1. The lowest BCUT2D eigenvalue weighted by atomic mass is 9.88. The van der Waals surface area contributed by atoms with Crippen LogP contribution in [0.15, 0.2) is 23.0 Å². The second-order valence-corrected chi connectivity index (χ2v) is 9.63. The minimum absolute atomic E-state index is 0.105. The van der Waals surface area contributed by atoms with Crippen molar-refractivity contribution < 1.29 is 14.7 Å². The van der Waals surface area contributed by atoms with Crippen molar-refractivity contribution >= 4 is 11.9 Å². The average Bonchev–Trinajstić information content (AvgIpc) is 3.52. The molecule has 0 unspecified atom stereocenters. The molecule has 2 aliphatic carbocycles. The van der Waals surface area contributed by atoms with Crippen molar-refractivity contribution in [1.29, 1.82) is 0 Å². The fourth-order valence-electron chi connectivity index (χ4n) is 6.34. The molecule has 1 aromatic heterocycles. The lowest BCUT2D eigenvalue weighted by molar-refractivity contribution is -0.127. The van der Waals surface area contributed by atoms with Crippen molar-refractivity contribution in [2.75, 3.05) is 6.61 Å². The van der Waals surface area contributed by atoms with Gasteiger partial charge in [-0.25, -0.2) is 4.79 Å². The van der Waals surface area contributed by atoms with Gasteiger partial charge in [0.25, 0.3) is 5.56 Å². The van der Waals surface area contributed by atoms with Crippen molar-refractivity contribution in [3.63, 3.8) is 0 Å². The summed E-state index contributed by atoms with van der Waals surface area (Å²) >= 11 is 0. The van der Waals surface area contributed by atoms with Gasteiger partial charge in [0, 0.05) is 48.8 Å². The first-order valence-corrected chi connectivity index (χ1v) is 11.8. The minimum Gasteiger partial charge on any atom is -0.396 e. The summed E-state index contributed by atoms with van der Waals surface area (Å²) in [7, 11) is 0. The topological polar surface area (TPSA) is 104 Å². The van der Waals surface area contributed by atoms with Gasteiger partial charge in [-0.05, 0) is 31.7 Å². The third-order valence-electron chi connectivity index (χ3n) is 7.84. The van der Waals surface area contributed by atoms with E-state index < -0.39 is 12.0 Å². The number of nitrogens with zero attached hydrogens (tertiary/aromatic N) is 2. The second-order valence-electron chi connectivity index (χ2n) is 9.63. The Kier molecular flexibility index (Phi) is 5.50. The molecule has 3 heterocycles. The Hall–Kier alpha value is -2.35. The molecule has 168 valence electrons. The van der Waals surface area contributed by atoms with E-state index in [1.54, 1.807) is 15.5 Å². The molecular weight excluding hydrogens is 396 g/mol. The van der Waals surface area contributed by atoms with Gasteiger partial charge in [0.15, 0.2) is 0 Å². The molecular formula is C23H32N4O4. The molecule has 3 N–H and O–H groups in total. The van der Waals surface area contributed by atoms with Gasteiger partial charge in [-0.15, -0.1) is 0 Å². The number of pyridine rings is 1. The van der Waals surface area contributed by atoms with Crippen molar-refractivity contribution in [2.45, 2.75) is 82.1 Å². The van der Waals surface area contributed by atoms with Crippen LogP contribution in [0.2, 0.25) is 0 Å². The highest BCUT2D eigenvalue weighted by atomic mass is 16.3. The van der Waals surface area contributed by atoms with Gasteiger partial charge in [-0.3, -0.25) is 9.59 Å². The van der Waals surface area contributed by atoms with E-state index in [1.807, 2.05) is 6.07 Å². The summed E-state index contributed by atoms with van der Waals surface area (Å²) in [5, 5.41) is 16.6. The number of hydrogen-bond donors (Lipinski definition) is 3. The monoisotopic (exact) mass is 428 g/mol. The molecule has 3 fully saturated rings. The summed E-state index contributed by atoms with van der Waals surface area (Å²) in [5.74, 6) is -0.736. The number of carbonyl (C=O) groups is 2. The van der Waals surface area contributed by atoms with Crippen molar-refractivity contribution in [3.8, 4) is 0 Å². The number of hydrogen-bond acceptors (Lipinski definition) is 4. The molecule has 0 bridgehead atoms. The summed E-state index contributed by atoms with van der Waals surface area (Å²) < 4.78 is 1.69. The lowest BCUT2D eigenvalue weighted by Gasteiger charge is -2.32. The molecule has 31 heavy (non-hydrogen) atoms. The van der Waals surface area contributed by atoms with Gasteiger partial charge in [-0.2, -0.15) is 0 Å². The molecule has 2 saturated carbocycles. The fourth-order valence-corrected chi connectivity index (χ4v) is 6.34. The van der Waals surface area contributed by atoms with Crippen molar-refractivity contribution in [1.82, 2.24) is 20.1 Å². The van der Waals surface area contributed by atoms with Gasteiger partial charge in [0.2, 0.25) is 5.91 Å². The van der Waals surface area contributed by atoms with E-state index in [-0.39, 0.29) is 48.1 Å². The molecule has 1 saturated heterocycles. The van der Waals surface area contributed by atoms with Gasteiger partial charge < -0.3 is 25.2 Å². The third kappa shape index (κ3) is 3.54. The van der Waals surface area contributed by atoms with Gasteiger partial charge in [0.05, 0.1) is 6.04 Å².